The molecule has 1 aliphatic rings. The Labute approximate surface area is 221 Å². The van der Waals surface area contributed by atoms with Crippen molar-refractivity contribution < 1.29 is 38.1 Å². The number of hydrogen-bond donors (Lipinski definition) is 1. The van der Waals surface area contributed by atoms with Crippen molar-refractivity contribution >= 4 is 23.9 Å². The minimum Gasteiger partial charge on any atom is -0.465 e. The predicted octanol–water partition coefficient (Wildman–Crippen LogP) is 1.52. The minimum absolute atomic E-state index is 0.0135. The average molecular weight is 530 g/mol. The van der Waals surface area contributed by atoms with Crippen molar-refractivity contribution in [1.29, 1.82) is 0 Å². The maximum absolute atomic E-state index is 12.3. The summed E-state index contributed by atoms with van der Waals surface area (Å²) >= 11 is 0. The summed E-state index contributed by atoms with van der Waals surface area (Å²) in [7, 11) is 0. The molecule has 0 aromatic heterocycles. The summed E-state index contributed by atoms with van der Waals surface area (Å²) in [6, 6.07) is 0. The molecule has 0 amide bonds. The Kier molecular flexibility index (Phi) is 14.7. The summed E-state index contributed by atoms with van der Waals surface area (Å²) in [5.41, 5.74) is -1.18. The highest BCUT2D eigenvalue weighted by Gasteiger charge is 2.38. The Morgan fingerprint density at radius 2 is 1.24 bits per heavy atom. The van der Waals surface area contributed by atoms with E-state index >= 15 is 0 Å². The first-order valence-electron chi connectivity index (χ1n) is 13.3. The first kappa shape index (κ1) is 32.8. The maximum atomic E-state index is 12.3. The smallest absolute Gasteiger partial charge is 0.320 e. The van der Waals surface area contributed by atoms with E-state index in [4.69, 9.17) is 18.9 Å². The number of nitrogens with one attached hydrogen (secondary N) is 1. The molecule has 0 aromatic carbocycles. The quantitative estimate of drug-likeness (QED) is 0.189. The molecule has 0 saturated carbocycles. The van der Waals surface area contributed by atoms with Crippen LogP contribution in [0.15, 0.2) is 0 Å². The van der Waals surface area contributed by atoms with Gasteiger partial charge in [0, 0.05) is 38.1 Å². The molecule has 1 heterocycles. The van der Waals surface area contributed by atoms with Crippen LogP contribution in [0.3, 0.4) is 0 Å². The van der Waals surface area contributed by atoms with Crippen LogP contribution >= 0.6 is 0 Å². The Balaban J connectivity index is 3.07. The summed E-state index contributed by atoms with van der Waals surface area (Å²) in [4.78, 5) is 52.9. The van der Waals surface area contributed by atoms with Crippen molar-refractivity contribution in [2.75, 3.05) is 65.6 Å². The van der Waals surface area contributed by atoms with Gasteiger partial charge in [0.1, 0.15) is 5.60 Å². The molecule has 0 aliphatic carbocycles. The lowest BCUT2D eigenvalue weighted by atomic mass is 9.90. The summed E-state index contributed by atoms with van der Waals surface area (Å²) in [6.45, 7) is 13.8. The molecule has 0 unspecified atom stereocenters. The molecule has 0 radical (unpaired) electrons. The second-order valence-electron chi connectivity index (χ2n) is 10.3. The van der Waals surface area contributed by atoms with Crippen LogP contribution in [0.5, 0.6) is 0 Å². The first-order chi connectivity index (χ1) is 17.4. The Hall–Kier alpha value is -2.24. The first-order valence-corrected chi connectivity index (χ1v) is 13.3. The lowest BCUT2D eigenvalue weighted by molar-refractivity contribution is -0.155. The van der Waals surface area contributed by atoms with Gasteiger partial charge in [-0.1, -0.05) is 6.42 Å². The third-order valence-electron chi connectivity index (χ3n) is 5.72. The molecular weight excluding hydrogens is 482 g/mol. The standard InChI is InChI=1S/C26H47N3O8/c1-7-34-22(31)16-27-26(13-11-10-12-21(30)37-25(4,5)6)19-28(17-23(32)35-8-2)14-15-29(20-26)18-24(33)36-9-3/h27H,7-20H2,1-6H3. The molecule has 1 aliphatic heterocycles. The number of nitrogens with zero attached hydrogens (tertiary/aromatic N) is 2. The largest absolute Gasteiger partial charge is 0.465 e. The van der Waals surface area contributed by atoms with Gasteiger partial charge in [-0.3, -0.25) is 34.3 Å². The highest BCUT2D eigenvalue weighted by molar-refractivity contribution is 5.73. The monoisotopic (exact) mass is 529 g/mol. The van der Waals surface area contributed by atoms with Gasteiger partial charge in [-0.2, -0.15) is 0 Å². The van der Waals surface area contributed by atoms with Gasteiger partial charge in [0.15, 0.2) is 0 Å². The molecular formula is C26H47N3O8. The lowest BCUT2D eigenvalue weighted by Gasteiger charge is -2.38. The highest BCUT2D eigenvalue weighted by Crippen LogP contribution is 2.23. The summed E-state index contributed by atoms with van der Waals surface area (Å²) in [5.74, 6) is -1.29. The number of carbonyl (C=O) groups is 4. The van der Waals surface area contributed by atoms with Crippen LogP contribution in [-0.4, -0.2) is 110 Å². The second-order valence-corrected chi connectivity index (χ2v) is 10.3. The van der Waals surface area contributed by atoms with Crippen molar-refractivity contribution in [2.45, 2.75) is 78.4 Å². The SMILES string of the molecule is CCOC(=O)CNC1(CCCCC(=O)OC(C)(C)C)CN(CC(=O)OCC)CCN(CC(=O)OCC)C1. The number of hydrogen-bond acceptors (Lipinski definition) is 11. The van der Waals surface area contributed by atoms with E-state index in [0.717, 1.165) is 0 Å². The van der Waals surface area contributed by atoms with E-state index in [-0.39, 0.29) is 56.5 Å². The molecule has 1 fully saturated rings. The number of esters is 4. The van der Waals surface area contributed by atoms with Gasteiger partial charge in [-0.05, 0) is 54.4 Å². The molecule has 214 valence electrons. The van der Waals surface area contributed by atoms with E-state index in [0.29, 0.717) is 58.7 Å². The molecule has 1 rings (SSSR count). The van der Waals surface area contributed by atoms with E-state index in [1.807, 2.05) is 30.6 Å². The van der Waals surface area contributed by atoms with Crippen LogP contribution in [0, 0.1) is 0 Å². The summed E-state index contributed by atoms with van der Waals surface area (Å²) in [6.07, 6.45) is 2.17. The third-order valence-corrected chi connectivity index (χ3v) is 5.72. The van der Waals surface area contributed by atoms with Gasteiger partial charge in [0.05, 0.1) is 39.5 Å². The van der Waals surface area contributed by atoms with Gasteiger partial charge in [0.2, 0.25) is 0 Å². The third kappa shape index (κ3) is 14.3. The Morgan fingerprint density at radius 3 is 1.70 bits per heavy atom. The number of ether oxygens (including phenoxy) is 4. The van der Waals surface area contributed by atoms with Crippen LogP contribution in [-0.2, 0) is 38.1 Å². The van der Waals surface area contributed by atoms with E-state index in [1.165, 1.54) is 0 Å². The van der Waals surface area contributed by atoms with Gasteiger partial charge in [-0.15, -0.1) is 0 Å². The lowest BCUT2D eigenvalue weighted by Crippen LogP contribution is -2.59. The predicted molar refractivity (Wildman–Crippen MR) is 138 cm³/mol. The van der Waals surface area contributed by atoms with Crippen LogP contribution in [0.25, 0.3) is 0 Å². The minimum atomic E-state index is -0.643. The molecule has 37 heavy (non-hydrogen) atoms. The number of carbonyl (C=O) groups excluding carboxylic acids is 4. The fourth-order valence-corrected chi connectivity index (χ4v) is 4.35. The zero-order chi connectivity index (χ0) is 27.9. The van der Waals surface area contributed by atoms with E-state index in [1.54, 1.807) is 20.8 Å². The maximum Gasteiger partial charge on any atom is 0.320 e. The fraction of sp³-hybridized carbons (Fsp3) is 0.846. The van der Waals surface area contributed by atoms with Crippen molar-refractivity contribution in [3.63, 3.8) is 0 Å². The van der Waals surface area contributed by atoms with E-state index in [2.05, 4.69) is 5.32 Å². The molecule has 11 heteroatoms. The Morgan fingerprint density at radius 1 is 0.757 bits per heavy atom. The molecule has 0 atom stereocenters. The normalized spacial score (nSPS) is 16.5. The summed E-state index contributed by atoms with van der Waals surface area (Å²) < 4.78 is 20.8. The fourth-order valence-electron chi connectivity index (χ4n) is 4.35. The average Bonchev–Trinajstić information content (AvgIpc) is 2.94. The number of rotatable bonds is 15. The molecule has 1 saturated heterocycles. The van der Waals surface area contributed by atoms with Crippen molar-refractivity contribution in [3.05, 3.63) is 0 Å². The van der Waals surface area contributed by atoms with Gasteiger partial charge in [0.25, 0.3) is 0 Å². The molecule has 0 aromatic rings. The van der Waals surface area contributed by atoms with E-state index < -0.39 is 11.1 Å². The van der Waals surface area contributed by atoms with Crippen molar-refractivity contribution in [3.8, 4) is 0 Å². The zero-order valence-corrected chi connectivity index (χ0v) is 23.6. The Bertz CT molecular complexity index is 708. The van der Waals surface area contributed by atoms with Crippen LogP contribution in [0.4, 0.5) is 0 Å². The second kappa shape index (κ2) is 16.6. The van der Waals surface area contributed by atoms with Gasteiger partial charge >= 0.3 is 23.9 Å². The molecule has 11 nitrogen and oxygen atoms in total. The van der Waals surface area contributed by atoms with E-state index in [9.17, 15) is 19.2 Å². The molecule has 1 N–H and O–H groups in total. The van der Waals surface area contributed by atoms with Crippen molar-refractivity contribution in [2.24, 2.45) is 0 Å². The van der Waals surface area contributed by atoms with Crippen LogP contribution in [0.1, 0.15) is 67.2 Å². The highest BCUT2D eigenvalue weighted by atomic mass is 16.6. The molecule has 0 bridgehead atoms. The van der Waals surface area contributed by atoms with Crippen LogP contribution in [0.2, 0.25) is 0 Å². The van der Waals surface area contributed by atoms with Gasteiger partial charge < -0.3 is 18.9 Å². The topological polar surface area (TPSA) is 124 Å². The van der Waals surface area contributed by atoms with Crippen LogP contribution < -0.4 is 5.32 Å². The number of unbranched alkanes of at least 4 members (excludes halogenated alkanes) is 1. The van der Waals surface area contributed by atoms with Gasteiger partial charge in [-0.25, -0.2) is 0 Å². The van der Waals surface area contributed by atoms with Crippen molar-refractivity contribution in [1.82, 2.24) is 15.1 Å². The zero-order valence-electron chi connectivity index (χ0n) is 23.6. The summed E-state index contributed by atoms with van der Waals surface area (Å²) in [5, 5.41) is 3.38. The molecule has 0 spiro atoms.